The van der Waals surface area contributed by atoms with Crippen LogP contribution in [0, 0.1) is 0 Å². The van der Waals surface area contributed by atoms with Gasteiger partial charge in [-0.25, -0.2) is 4.57 Å². The Balaban J connectivity index is 1.66. The van der Waals surface area contributed by atoms with Crippen LogP contribution in [0.2, 0.25) is 0 Å². The molecule has 1 aliphatic carbocycles. The minimum absolute atomic E-state index is 0.0868. The van der Waals surface area contributed by atoms with E-state index in [0.29, 0.717) is 0 Å². The molecule has 0 spiro atoms. The molecule has 1 N–H and O–H groups in total. The van der Waals surface area contributed by atoms with E-state index in [1.54, 1.807) is 7.11 Å². The SMILES string of the molecule is COC1(O)C2(C)c3c(cc(C(C)(C)C)c4ccccc34)-c3c4c5cc6ccccc6cc5n(C(C)C)c4nc[n+]3C12C. The van der Waals surface area contributed by atoms with Gasteiger partial charge in [-0.2, -0.15) is 0 Å². The van der Waals surface area contributed by atoms with Gasteiger partial charge in [0.1, 0.15) is 16.5 Å². The number of hydrogen-bond acceptors (Lipinski definition) is 3. The Morgan fingerprint density at radius 1 is 0.905 bits per heavy atom. The molecule has 3 atom stereocenters. The lowest BCUT2D eigenvalue weighted by Crippen LogP contribution is -2.55. The molecule has 3 heterocycles. The molecule has 1 saturated carbocycles. The Kier molecular flexibility index (Phi) is 4.79. The largest absolute Gasteiger partial charge is 0.361 e. The number of aliphatic hydroxyl groups is 1. The second-order valence-electron chi connectivity index (χ2n) is 14.0. The lowest BCUT2D eigenvalue weighted by molar-refractivity contribution is -0.743. The zero-order valence-corrected chi connectivity index (χ0v) is 25.7. The van der Waals surface area contributed by atoms with E-state index in [0.717, 1.165) is 27.9 Å². The molecule has 2 aliphatic rings. The molecular formula is C37H38N3O2+. The first kappa shape index (κ1) is 25.9. The van der Waals surface area contributed by atoms with Gasteiger partial charge in [0.25, 0.3) is 12.0 Å². The molecule has 8 rings (SSSR count). The van der Waals surface area contributed by atoms with Crippen LogP contribution in [-0.4, -0.2) is 27.6 Å². The summed E-state index contributed by atoms with van der Waals surface area (Å²) in [5.74, 6) is -1.41. The molecule has 0 bridgehead atoms. The monoisotopic (exact) mass is 556 g/mol. The van der Waals surface area contributed by atoms with Gasteiger partial charge in [-0.15, -0.1) is 0 Å². The van der Waals surface area contributed by atoms with Crippen LogP contribution in [-0.2, 0) is 21.1 Å². The van der Waals surface area contributed by atoms with E-state index in [-0.39, 0.29) is 11.5 Å². The molecule has 212 valence electrons. The summed E-state index contributed by atoms with van der Waals surface area (Å²) in [4.78, 5) is 5.16. The average Bonchev–Trinajstić information content (AvgIpc) is 3.19. The molecule has 42 heavy (non-hydrogen) atoms. The second kappa shape index (κ2) is 7.77. The number of benzene rings is 4. The minimum atomic E-state index is -1.41. The number of hydrogen-bond donors (Lipinski definition) is 1. The predicted octanol–water partition coefficient (Wildman–Crippen LogP) is 7.66. The highest BCUT2D eigenvalue weighted by Gasteiger charge is 2.91. The summed E-state index contributed by atoms with van der Waals surface area (Å²) in [5, 5.41) is 19.5. The van der Waals surface area contributed by atoms with Crippen molar-refractivity contribution < 1.29 is 14.4 Å². The Bertz CT molecular complexity index is 2150. The third-order valence-corrected chi connectivity index (χ3v) is 10.8. The summed E-state index contributed by atoms with van der Waals surface area (Å²) in [6.45, 7) is 15.6. The first-order valence-corrected chi connectivity index (χ1v) is 15.0. The Hall–Kier alpha value is -3.80. The topological polar surface area (TPSA) is 51.2 Å². The third kappa shape index (κ3) is 2.69. The van der Waals surface area contributed by atoms with E-state index >= 15 is 0 Å². The fraction of sp³-hybridized carbons (Fsp3) is 0.351. The average molecular weight is 557 g/mol. The summed E-state index contributed by atoms with van der Waals surface area (Å²) in [6.07, 6.45) is 1.94. The van der Waals surface area contributed by atoms with Crippen molar-refractivity contribution in [3.05, 3.63) is 84.2 Å². The fourth-order valence-corrected chi connectivity index (χ4v) is 8.53. The van der Waals surface area contributed by atoms with E-state index < -0.39 is 16.7 Å². The van der Waals surface area contributed by atoms with Crippen LogP contribution in [0.25, 0.3) is 54.7 Å². The zero-order chi connectivity index (χ0) is 29.6. The molecule has 0 amide bonds. The van der Waals surface area contributed by atoms with Crippen LogP contribution in [0.1, 0.15) is 65.6 Å². The van der Waals surface area contributed by atoms with Crippen LogP contribution in [0.4, 0.5) is 0 Å². The van der Waals surface area contributed by atoms with Gasteiger partial charge in [-0.05, 0) is 89.0 Å². The second-order valence-corrected chi connectivity index (χ2v) is 14.0. The van der Waals surface area contributed by atoms with Crippen LogP contribution in [0.3, 0.4) is 0 Å². The standard InChI is InChI=1S/C37H38N3O2/c1-21(2)40-29-18-23-14-10-9-13-22(23)17-26(29)30-32-27-19-28(34(3,4)5)24-15-11-12-16-25(24)31(27)35(6)36(7,37(35,41)42-8)39(32)20-38-33(30)40/h9-21,41H,1-8H3/q+1. The summed E-state index contributed by atoms with van der Waals surface area (Å²) in [6, 6.07) is 24.5. The molecule has 0 saturated heterocycles. The molecule has 5 nitrogen and oxygen atoms in total. The fourth-order valence-electron chi connectivity index (χ4n) is 8.53. The van der Waals surface area contributed by atoms with Crippen molar-refractivity contribution >= 4 is 43.5 Å². The van der Waals surface area contributed by atoms with Crippen molar-refractivity contribution in [2.45, 2.75) is 76.7 Å². The molecule has 1 aliphatic heterocycles. The maximum Gasteiger partial charge on any atom is 0.290 e. The molecule has 5 heteroatoms. The van der Waals surface area contributed by atoms with Crippen molar-refractivity contribution in [2.75, 3.05) is 7.11 Å². The highest BCUT2D eigenvalue weighted by Crippen LogP contribution is 2.72. The smallest absolute Gasteiger partial charge is 0.290 e. The summed E-state index contributed by atoms with van der Waals surface area (Å²) < 4.78 is 10.7. The lowest BCUT2D eigenvalue weighted by Gasteiger charge is -2.31. The predicted molar refractivity (Wildman–Crippen MR) is 170 cm³/mol. The Labute approximate surface area is 246 Å². The number of ether oxygens (including phenoxy) is 1. The molecule has 6 aromatic rings. The molecule has 1 fully saturated rings. The highest BCUT2D eigenvalue weighted by atomic mass is 16.6. The molecule has 3 unspecified atom stereocenters. The Morgan fingerprint density at radius 3 is 2.19 bits per heavy atom. The van der Waals surface area contributed by atoms with Gasteiger partial charge < -0.3 is 14.4 Å². The first-order chi connectivity index (χ1) is 19.9. The van der Waals surface area contributed by atoms with Gasteiger partial charge in [-0.1, -0.05) is 69.3 Å². The van der Waals surface area contributed by atoms with Gasteiger partial charge in [0.2, 0.25) is 5.79 Å². The zero-order valence-electron chi connectivity index (χ0n) is 25.7. The van der Waals surface area contributed by atoms with Gasteiger partial charge in [-0.3, -0.25) is 0 Å². The van der Waals surface area contributed by atoms with Gasteiger partial charge >= 0.3 is 0 Å². The maximum atomic E-state index is 12.3. The van der Waals surface area contributed by atoms with Crippen molar-refractivity contribution in [3.8, 4) is 11.3 Å². The van der Waals surface area contributed by atoms with Crippen molar-refractivity contribution in [3.63, 3.8) is 0 Å². The molecule has 0 radical (unpaired) electrons. The van der Waals surface area contributed by atoms with Crippen LogP contribution in [0.15, 0.2) is 73.1 Å². The number of rotatable bonds is 2. The third-order valence-electron chi connectivity index (χ3n) is 10.8. The number of aromatic nitrogens is 3. The van der Waals surface area contributed by atoms with E-state index in [1.165, 1.54) is 38.0 Å². The Morgan fingerprint density at radius 2 is 1.55 bits per heavy atom. The van der Waals surface area contributed by atoms with Crippen LogP contribution < -0.4 is 4.57 Å². The number of methoxy groups -OCH3 is 1. The highest BCUT2D eigenvalue weighted by molar-refractivity contribution is 6.16. The van der Waals surface area contributed by atoms with Crippen LogP contribution >= 0.6 is 0 Å². The van der Waals surface area contributed by atoms with E-state index in [4.69, 9.17) is 9.72 Å². The summed E-state index contributed by atoms with van der Waals surface area (Å²) >= 11 is 0. The molecular weight excluding hydrogens is 518 g/mol. The molecule has 4 aromatic carbocycles. The van der Waals surface area contributed by atoms with Crippen molar-refractivity contribution in [2.24, 2.45) is 0 Å². The van der Waals surface area contributed by atoms with Crippen molar-refractivity contribution in [1.82, 2.24) is 9.55 Å². The van der Waals surface area contributed by atoms with Gasteiger partial charge in [0, 0.05) is 24.1 Å². The van der Waals surface area contributed by atoms with Crippen LogP contribution in [0.5, 0.6) is 0 Å². The van der Waals surface area contributed by atoms with Gasteiger partial charge in [0.15, 0.2) is 5.54 Å². The van der Waals surface area contributed by atoms with E-state index in [2.05, 4.69) is 124 Å². The normalized spacial score (nSPS) is 24.9. The number of fused-ring (bicyclic) bond motifs is 13. The van der Waals surface area contributed by atoms with Gasteiger partial charge in [0.05, 0.1) is 5.52 Å². The number of nitrogens with zero attached hydrogens (tertiary/aromatic N) is 3. The van der Waals surface area contributed by atoms with E-state index in [1.807, 2.05) is 6.33 Å². The summed E-state index contributed by atoms with van der Waals surface area (Å²) in [5.41, 5.74) is 5.30. The summed E-state index contributed by atoms with van der Waals surface area (Å²) in [7, 11) is 1.63. The maximum absolute atomic E-state index is 12.3. The van der Waals surface area contributed by atoms with Crippen molar-refractivity contribution in [1.29, 1.82) is 0 Å². The molecule has 2 aromatic heterocycles. The lowest BCUT2D eigenvalue weighted by atomic mass is 9.75. The minimum Gasteiger partial charge on any atom is -0.361 e. The quantitative estimate of drug-likeness (QED) is 0.176. The first-order valence-electron chi connectivity index (χ1n) is 15.0. The van der Waals surface area contributed by atoms with E-state index in [9.17, 15) is 5.11 Å².